The first kappa shape index (κ1) is 19.6. The molecular formula is C12H17N4O5PS-2. The van der Waals surface area contributed by atoms with E-state index in [1.165, 1.54) is 4.88 Å². The lowest BCUT2D eigenvalue weighted by atomic mass is 10.2. The van der Waals surface area contributed by atoms with Gasteiger partial charge in [-0.05, 0) is 6.92 Å². The minimum absolute atomic E-state index is 0.178. The standard InChI is InChI=1S/C12H17N4OS.H3O4P/c1-8-11(3-4-17)18-7-16(8)6-10-5-14-9(2)15-12(10)13;1-5(2,3)4/h5,7,17H,3-4,6H2,1-2H3,(H2,13,14,15);(H3,1,2,3,4)/q+1;/p-3. The number of hydrogen-bond donors (Lipinski definition) is 2. The molecule has 9 nitrogen and oxygen atoms in total. The molecular weight excluding hydrogens is 343 g/mol. The van der Waals surface area contributed by atoms with Crippen molar-refractivity contribution in [3.63, 3.8) is 0 Å². The van der Waals surface area contributed by atoms with Crippen molar-refractivity contribution in [2.75, 3.05) is 12.3 Å². The van der Waals surface area contributed by atoms with Gasteiger partial charge in [0.15, 0.2) is 12.2 Å². The average Bonchev–Trinajstić information content (AvgIpc) is 2.73. The van der Waals surface area contributed by atoms with Crippen LogP contribution in [0.15, 0.2) is 11.7 Å². The van der Waals surface area contributed by atoms with Gasteiger partial charge in [-0.25, -0.2) is 9.97 Å². The molecule has 0 unspecified atom stereocenters. The van der Waals surface area contributed by atoms with E-state index in [2.05, 4.69) is 14.5 Å². The van der Waals surface area contributed by atoms with E-state index in [0.29, 0.717) is 24.6 Å². The first-order valence-electron chi connectivity index (χ1n) is 6.50. The average molecular weight is 360 g/mol. The van der Waals surface area contributed by atoms with Crippen molar-refractivity contribution < 1.29 is 28.9 Å². The van der Waals surface area contributed by atoms with Gasteiger partial charge in [0.2, 0.25) is 5.51 Å². The first-order chi connectivity index (χ1) is 10.6. The molecule has 23 heavy (non-hydrogen) atoms. The second-order valence-corrected chi connectivity index (χ2v) is 6.44. The second-order valence-electron chi connectivity index (χ2n) is 4.61. The third-order valence-electron chi connectivity index (χ3n) is 2.85. The van der Waals surface area contributed by atoms with Crippen LogP contribution in [0.4, 0.5) is 5.82 Å². The zero-order chi connectivity index (χ0) is 17.6. The Morgan fingerprint density at radius 3 is 2.52 bits per heavy atom. The van der Waals surface area contributed by atoms with Gasteiger partial charge in [0.05, 0.1) is 10.4 Å². The molecule has 0 spiro atoms. The summed E-state index contributed by atoms with van der Waals surface area (Å²) in [5.41, 5.74) is 10.0. The van der Waals surface area contributed by atoms with Crippen LogP contribution >= 0.6 is 19.2 Å². The maximum Gasteiger partial charge on any atom is 0.225 e. The molecule has 0 radical (unpaired) electrons. The molecule has 0 amide bonds. The number of aryl methyl sites for hydroxylation is 1. The number of nitrogens with two attached hydrogens (primary N) is 1. The molecule has 0 aliphatic carbocycles. The highest BCUT2D eigenvalue weighted by Crippen LogP contribution is 2.13. The van der Waals surface area contributed by atoms with Crippen LogP contribution in [-0.4, -0.2) is 21.7 Å². The molecule has 0 aromatic carbocycles. The van der Waals surface area contributed by atoms with Gasteiger partial charge >= 0.3 is 0 Å². The molecule has 11 heteroatoms. The Bertz CT molecular complexity index is 694. The Labute approximate surface area is 137 Å². The number of aliphatic hydroxyl groups excluding tert-OH is 1. The highest BCUT2D eigenvalue weighted by molar-refractivity contribution is 7.40. The van der Waals surface area contributed by atoms with Crippen molar-refractivity contribution >= 4 is 25.0 Å². The summed E-state index contributed by atoms with van der Waals surface area (Å²) in [6.07, 6.45) is 2.47. The summed E-state index contributed by atoms with van der Waals surface area (Å²) in [6.45, 7) is 4.71. The lowest BCUT2D eigenvalue weighted by Crippen LogP contribution is -2.35. The normalized spacial score (nSPS) is 11.0. The van der Waals surface area contributed by atoms with Gasteiger partial charge in [0.25, 0.3) is 0 Å². The number of nitrogens with zero attached hydrogens (tertiary/aromatic N) is 3. The Kier molecular flexibility index (Phi) is 7.20. The largest absolute Gasteiger partial charge is 0.822 e. The lowest BCUT2D eigenvalue weighted by Gasteiger charge is -2.36. The van der Waals surface area contributed by atoms with Crippen LogP contribution in [0.5, 0.6) is 0 Å². The van der Waals surface area contributed by atoms with Crippen molar-refractivity contribution in [3.05, 3.63) is 33.7 Å². The van der Waals surface area contributed by atoms with Crippen molar-refractivity contribution in [3.8, 4) is 0 Å². The number of aliphatic hydroxyl groups is 1. The summed E-state index contributed by atoms with van der Waals surface area (Å²) in [7, 11) is -5.39. The molecule has 2 rings (SSSR count). The maximum atomic E-state index is 8.98. The van der Waals surface area contributed by atoms with Crippen LogP contribution in [0.3, 0.4) is 0 Å². The zero-order valence-electron chi connectivity index (χ0n) is 12.6. The van der Waals surface area contributed by atoms with Crippen LogP contribution in [-0.2, 0) is 17.5 Å². The molecule has 128 valence electrons. The molecule has 0 saturated carbocycles. The van der Waals surface area contributed by atoms with Crippen LogP contribution in [0.25, 0.3) is 0 Å². The second kappa shape index (κ2) is 8.44. The van der Waals surface area contributed by atoms with Crippen LogP contribution < -0.4 is 25.0 Å². The zero-order valence-corrected chi connectivity index (χ0v) is 14.3. The monoisotopic (exact) mass is 360 g/mol. The number of anilines is 1. The van der Waals surface area contributed by atoms with E-state index < -0.39 is 7.82 Å². The fourth-order valence-corrected chi connectivity index (χ4v) is 2.75. The highest BCUT2D eigenvalue weighted by Gasteiger charge is 2.16. The Morgan fingerprint density at radius 1 is 1.39 bits per heavy atom. The molecule has 0 fully saturated rings. The van der Waals surface area contributed by atoms with Crippen molar-refractivity contribution in [1.82, 2.24) is 9.97 Å². The van der Waals surface area contributed by atoms with E-state index in [1.54, 1.807) is 17.5 Å². The SMILES string of the molecule is Cc1ncc(C[n+]2csc(CCO)c2C)c(N)n1.O=P([O-])([O-])[O-]. The van der Waals surface area contributed by atoms with E-state index in [-0.39, 0.29) is 6.61 Å². The van der Waals surface area contributed by atoms with Gasteiger partial charge in [-0.15, -0.1) is 0 Å². The topological polar surface area (TPSA) is 162 Å². The van der Waals surface area contributed by atoms with E-state index in [1.807, 2.05) is 19.4 Å². The van der Waals surface area contributed by atoms with Crippen molar-refractivity contribution in [2.45, 2.75) is 26.8 Å². The molecule has 3 N–H and O–H groups in total. The number of thiazole rings is 1. The molecule has 2 aromatic heterocycles. The van der Waals surface area contributed by atoms with Gasteiger partial charge in [0.1, 0.15) is 11.6 Å². The number of rotatable bonds is 4. The van der Waals surface area contributed by atoms with E-state index in [0.717, 1.165) is 11.3 Å². The van der Waals surface area contributed by atoms with Gasteiger partial charge in [-0.1, -0.05) is 11.3 Å². The molecule has 0 aliphatic rings. The smallest absolute Gasteiger partial charge is 0.225 e. The fourth-order valence-electron chi connectivity index (χ4n) is 1.77. The number of hydrogen-bond acceptors (Lipinski definition) is 9. The predicted molar refractivity (Wildman–Crippen MR) is 77.9 cm³/mol. The molecule has 0 saturated heterocycles. The minimum Gasteiger partial charge on any atom is -0.822 e. The minimum atomic E-state index is -5.39. The van der Waals surface area contributed by atoms with Crippen molar-refractivity contribution in [1.29, 1.82) is 0 Å². The number of aromatic nitrogens is 3. The quantitative estimate of drug-likeness (QED) is 0.458. The number of phosphoric acid groups is 1. The Balaban J connectivity index is 0.000000463. The maximum absolute atomic E-state index is 8.98. The molecule has 2 heterocycles. The summed E-state index contributed by atoms with van der Waals surface area (Å²) in [5, 5.41) is 8.98. The first-order valence-corrected chi connectivity index (χ1v) is 8.84. The third kappa shape index (κ3) is 7.12. The van der Waals surface area contributed by atoms with E-state index in [4.69, 9.17) is 30.1 Å². The van der Waals surface area contributed by atoms with Gasteiger partial charge < -0.3 is 30.1 Å². The van der Waals surface area contributed by atoms with Crippen LogP contribution in [0.2, 0.25) is 0 Å². The van der Waals surface area contributed by atoms with E-state index in [9.17, 15) is 0 Å². The summed E-state index contributed by atoms with van der Waals surface area (Å²) >= 11 is 1.65. The predicted octanol–water partition coefficient (Wildman–Crippen LogP) is -2.22. The molecule has 2 aromatic rings. The summed E-state index contributed by atoms with van der Waals surface area (Å²) in [4.78, 5) is 35.2. The molecule has 0 aliphatic heterocycles. The molecule has 0 atom stereocenters. The Hall–Kier alpha value is -1.42. The summed E-state index contributed by atoms with van der Waals surface area (Å²) in [5.74, 6) is 1.22. The van der Waals surface area contributed by atoms with Gasteiger partial charge in [-0.3, -0.25) is 0 Å². The number of nitrogen functional groups attached to an aromatic ring is 1. The fraction of sp³-hybridized carbons (Fsp3) is 0.417. The van der Waals surface area contributed by atoms with Gasteiger partial charge in [-0.2, -0.15) is 12.4 Å². The van der Waals surface area contributed by atoms with E-state index >= 15 is 0 Å². The Morgan fingerprint density at radius 2 is 2.00 bits per heavy atom. The van der Waals surface area contributed by atoms with Crippen LogP contribution in [0.1, 0.15) is 22.0 Å². The molecule has 0 bridgehead atoms. The van der Waals surface area contributed by atoms with Crippen LogP contribution in [0, 0.1) is 13.8 Å². The van der Waals surface area contributed by atoms with Crippen molar-refractivity contribution in [2.24, 2.45) is 0 Å². The third-order valence-corrected chi connectivity index (χ3v) is 4.00. The highest BCUT2D eigenvalue weighted by atomic mass is 32.1. The van der Waals surface area contributed by atoms with Gasteiger partial charge in [0, 0.05) is 26.1 Å². The summed E-state index contributed by atoms with van der Waals surface area (Å²) in [6, 6.07) is 0. The lowest BCUT2D eigenvalue weighted by molar-refractivity contribution is -0.689. The summed E-state index contributed by atoms with van der Waals surface area (Å²) < 4.78 is 10.7.